The smallest absolute Gasteiger partial charge is 0.344 e. The molecule has 0 bridgehead atoms. The molecule has 6 nitrogen and oxygen atoms in total. The van der Waals surface area contributed by atoms with Gasteiger partial charge in [0.1, 0.15) is 11.3 Å². The maximum Gasteiger partial charge on any atom is 0.344 e. The summed E-state index contributed by atoms with van der Waals surface area (Å²) in [6.07, 6.45) is 0. The van der Waals surface area contributed by atoms with E-state index in [0.29, 0.717) is 28.1 Å². The second-order valence-corrected chi connectivity index (χ2v) is 5.37. The highest BCUT2D eigenvalue weighted by Crippen LogP contribution is 2.37. The van der Waals surface area contributed by atoms with Gasteiger partial charge in [0.25, 0.3) is 11.7 Å². The maximum absolute atomic E-state index is 12.3. The third-order valence-electron chi connectivity index (χ3n) is 3.96. The molecular formula is C18H11NO5. The summed E-state index contributed by atoms with van der Waals surface area (Å²) >= 11 is 0. The van der Waals surface area contributed by atoms with E-state index in [1.807, 2.05) is 12.1 Å². The summed E-state index contributed by atoms with van der Waals surface area (Å²) in [6, 6.07) is 11.9. The van der Waals surface area contributed by atoms with Crippen molar-refractivity contribution in [3.63, 3.8) is 0 Å². The van der Waals surface area contributed by atoms with Crippen LogP contribution in [-0.4, -0.2) is 18.8 Å². The minimum absolute atomic E-state index is 0.182. The molecule has 3 aromatic rings. The van der Waals surface area contributed by atoms with Gasteiger partial charge in [0.05, 0.1) is 23.9 Å². The van der Waals surface area contributed by atoms with Gasteiger partial charge in [-0.25, -0.2) is 4.79 Å². The van der Waals surface area contributed by atoms with Crippen LogP contribution in [-0.2, 0) is 4.79 Å². The number of anilines is 1. The van der Waals surface area contributed by atoms with Gasteiger partial charge in [0, 0.05) is 5.39 Å². The van der Waals surface area contributed by atoms with E-state index < -0.39 is 17.3 Å². The third kappa shape index (κ3) is 2.00. The van der Waals surface area contributed by atoms with E-state index in [0.717, 1.165) is 5.39 Å². The molecule has 24 heavy (non-hydrogen) atoms. The summed E-state index contributed by atoms with van der Waals surface area (Å²) in [6.45, 7) is 0. The van der Waals surface area contributed by atoms with E-state index in [1.165, 1.54) is 13.2 Å². The third-order valence-corrected chi connectivity index (χ3v) is 3.96. The topological polar surface area (TPSA) is 85.6 Å². The number of hydrogen-bond donors (Lipinski definition) is 1. The van der Waals surface area contributed by atoms with Crippen molar-refractivity contribution in [2.75, 3.05) is 12.4 Å². The number of benzene rings is 2. The van der Waals surface area contributed by atoms with Gasteiger partial charge in [-0.05, 0) is 29.8 Å². The van der Waals surface area contributed by atoms with Crippen LogP contribution in [0.2, 0.25) is 0 Å². The Morgan fingerprint density at radius 3 is 2.58 bits per heavy atom. The number of nitrogens with one attached hydrogen (secondary N) is 1. The van der Waals surface area contributed by atoms with Crippen LogP contribution in [0.1, 0.15) is 10.4 Å². The molecule has 1 aliphatic rings. The van der Waals surface area contributed by atoms with E-state index in [1.54, 1.807) is 24.3 Å². The molecule has 1 aromatic heterocycles. The molecule has 0 aliphatic carbocycles. The van der Waals surface area contributed by atoms with Crippen molar-refractivity contribution in [2.24, 2.45) is 0 Å². The highest BCUT2D eigenvalue weighted by atomic mass is 16.5. The SMILES string of the molecule is COc1cc(-c2cc3ccccc3oc2=O)cc2c1NC(=O)C2=O. The normalized spacial score (nSPS) is 13.0. The van der Waals surface area contributed by atoms with Crippen molar-refractivity contribution in [3.05, 3.63) is 58.4 Å². The summed E-state index contributed by atoms with van der Waals surface area (Å²) in [7, 11) is 1.43. The molecular weight excluding hydrogens is 310 g/mol. The van der Waals surface area contributed by atoms with E-state index >= 15 is 0 Å². The number of ether oxygens (including phenoxy) is 1. The second-order valence-electron chi connectivity index (χ2n) is 5.37. The maximum atomic E-state index is 12.3. The average Bonchev–Trinajstić information content (AvgIpc) is 2.88. The molecule has 0 atom stereocenters. The first-order valence-corrected chi connectivity index (χ1v) is 7.19. The number of Topliss-reactive ketones (excluding diaryl/α,β-unsaturated/α-hetero) is 1. The molecule has 6 heteroatoms. The number of carbonyl (C=O) groups excluding carboxylic acids is 2. The lowest BCUT2D eigenvalue weighted by Crippen LogP contribution is -2.12. The number of carbonyl (C=O) groups is 2. The number of para-hydroxylation sites is 1. The van der Waals surface area contributed by atoms with Crippen molar-refractivity contribution < 1.29 is 18.7 Å². The predicted molar refractivity (Wildman–Crippen MR) is 87.4 cm³/mol. The Bertz CT molecular complexity index is 1080. The van der Waals surface area contributed by atoms with Crippen molar-refractivity contribution in [1.82, 2.24) is 0 Å². The minimum Gasteiger partial charge on any atom is -0.495 e. The molecule has 4 rings (SSSR count). The molecule has 0 unspecified atom stereocenters. The Morgan fingerprint density at radius 2 is 1.79 bits per heavy atom. The Hall–Kier alpha value is -3.41. The number of amides is 1. The summed E-state index contributed by atoms with van der Waals surface area (Å²) in [4.78, 5) is 35.9. The molecule has 1 aliphatic heterocycles. The lowest BCUT2D eigenvalue weighted by molar-refractivity contribution is -0.112. The van der Waals surface area contributed by atoms with E-state index in [4.69, 9.17) is 9.15 Å². The largest absolute Gasteiger partial charge is 0.495 e. The van der Waals surface area contributed by atoms with Crippen molar-refractivity contribution in [1.29, 1.82) is 0 Å². The van der Waals surface area contributed by atoms with Crippen molar-refractivity contribution in [3.8, 4) is 16.9 Å². The van der Waals surface area contributed by atoms with Gasteiger partial charge in [-0.3, -0.25) is 9.59 Å². The van der Waals surface area contributed by atoms with Crippen LogP contribution >= 0.6 is 0 Å². The molecule has 0 radical (unpaired) electrons. The zero-order chi connectivity index (χ0) is 16.8. The van der Waals surface area contributed by atoms with Crippen molar-refractivity contribution in [2.45, 2.75) is 0 Å². The average molecular weight is 321 g/mol. The summed E-state index contributed by atoms with van der Waals surface area (Å²) in [5.74, 6) is -1.06. The monoisotopic (exact) mass is 321 g/mol. The first-order chi connectivity index (χ1) is 11.6. The number of rotatable bonds is 2. The molecule has 0 saturated carbocycles. The molecule has 118 valence electrons. The standard InChI is InChI=1S/C18H11NO5/c1-23-14-8-10(7-12-15(14)19-17(21)16(12)20)11-6-9-4-2-3-5-13(9)24-18(11)22/h2-8H,1H3,(H,19,20,21). The van der Waals surface area contributed by atoms with Gasteiger partial charge in [-0.1, -0.05) is 18.2 Å². The number of hydrogen-bond acceptors (Lipinski definition) is 5. The van der Waals surface area contributed by atoms with E-state index in [2.05, 4.69) is 5.32 Å². The molecule has 0 spiro atoms. The lowest BCUT2D eigenvalue weighted by atomic mass is 10.0. The number of fused-ring (bicyclic) bond motifs is 2. The molecule has 0 saturated heterocycles. The zero-order valence-corrected chi connectivity index (χ0v) is 12.6. The Labute approximate surface area is 135 Å². The molecule has 2 aromatic carbocycles. The van der Waals surface area contributed by atoms with Crippen LogP contribution in [0.4, 0.5) is 5.69 Å². The van der Waals surface area contributed by atoms with Crippen LogP contribution in [0.15, 0.2) is 51.7 Å². The molecule has 0 fully saturated rings. The number of ketones is 1. The lowest BCUT2D eigenvalue weighted by Gasteiger charge is -2.09. The second kappa shape index (κ2) is 5.06. The zero-order valence-electron chi connectivity index (χ0n) is 12.6. The Kier molecular flexibility index (Phi) is 2.99. The van der Waals surface area contributed by atoms with Gasteiger partial charge in [0.2, 0.25) is 0 Å². The summed E-state index contributed by atoms with van der Waals surface area (Å²) in [5, 5.41) is 3.23. The molecule has 1 N–H and O–H groups in total. The van der Waals surface area contributed by atoms with E-state index in [9.17, 15) is 14.4 Å². The van der Waals surface area contributed by atoms with Gasteiger partial charge in [-0.2, -0.15) is 0 Å². The molecule has 2 heterocycles. The first kappa shape index (κ1) is 14.2. The Morgan fingerprint density at radius 1 is 1.00 bits per heavy atom. The highest BCUT2D eigenvalue weighted by molar-refractivity contribution is 6.52. The van der Waals surface area contributed by atoms with Crippen LogP contribution in [0.3, 0.4) is 0 Å². The fraction of sp³-hybridized carbons (Fsp3) is 0.0556. The van der Waals surface area contributed by atoms with Gasteiger partial charge in [0.15, 0.2) is 0 Å². The summed E-state index contributed by atoms with van der Waals surface area (Å²) in [5.41, 5.74) is 1.20. The van der Waals surface area contributed by atoms with Crippen LogP contribution in [0.25, 0.3) is 22.1 Å². The van der Waals surface area contributed by atoms with Gasteiger partial charge >= 0.3 is 5.63 Å². The van der Waals surface area contributed by atoms with E-state index in [-0.39, 0.29) is 5.56 Å². The first-order valence-electron chi connectivity index (χ1n) is 7.19. The van der Waals surface area contributed by atoms with Crippen LogP contribution in [0, 0.1) is 0 Å². The van der Waals surface area contributed by atoms with Gasteiger partial charge < -0.3 is 14.5 Å². The minimum atomic E-state index is -0.717. The van der Waals surface area contributed by atoms with Crippen LogP contribution < -0.4 is 15.7 Å². The summed E-state index contributed by atoms with van der Waals surface area (Å²) < 4.78 is 10.6. The fourth-order valence-corrected chi connectivity index (χ4v) is 2.80. The highest BCUT2D eigenvalue weighted by Gasteiger charge is 2.31. The Balaban J connectivity index is 1.98. The number of methoxy groups -OCH3 is 1. The predicted octanol–water partition coefficient (Wildman–Crippen LogP) is 2.60. The van der Waals surface area contributed by atoms with Gasteiger partial charge in [-0.15, -0.1) is 0 Å². The quantitative estimate of drug-likeness (QED) is 0.579. The van der Waals surface area contributed by atoms with Crippen molar-refractivity contribution >= 4 is 28.3 Å². The molecule has 1 amide bonds. The fourth-order valence-electron chi connectivity index (χ4n) is 2.80. The van der Waals surface area contributed by atoms with Crippen LogP contribution in [0.5, 0.6) is 5.75 Å².